The summed E-state index contributed by atoms with van der Waals surface area (Å²) >= 11 is 9.93. The topological polar surface area (TPSA) is 9.23 Å². The molecule has 0 aromatic heterocycles. The normalized spacial score (nSPS) is 8.09. The molecule has 0 atom stereocenters. The molecule has 56 valence electrons. The van der Waals surface area contributed by atoms with Crippen LogP contribution in [-0.4, -0.2) is 7.11 Å². The van der Waals surface area contributed by atoms with Crippen LogP contribution < -0.4 is 4.74 Å². The molecule has 0 aliphatic carbocycles. The second-order valence-corrected chi connectivity index (χ2v) is 1.97. The Morgan fingerprint density at radius 3 is 2.64 bits per heavy atom. The quantitative estimate of drug-likeness (QED) is 0.570. The molecule has 4 heteroatoms. The summed E-state index contributed by atoms with van der Waals surface area (Å²) in [7, 11) is 1.58. The molecule has 1 aromatic rings. The maximum absolute atomic E-state index is 5.68. The van der Waals surface area contributed by atoms with Crippen LogP contribution in [0.25, 0.3) is 0 Å². The van der Waals surface area contributed by atoms with Crippen molar-refractivity contribution in [3.05, 3.63) is 29.3 Å². The summed E-state index contributed by atoms with van der Waals surface area (Å²) in [5.74, 6) is 0.666. The third-order valence-corrected chi connectivity index (χ3v) is 1.31. The average molecular weight is 287 g/mol. The zero-order valence-electron chi connectivity index (χ0n) is 6.10. The number of benzene rings is 1. The molecule has 0 fully saturated rings. The van der Waals surface area contributed by atoms with Crippen LogP contribution in [0.3, 0.4) is 0 Å². The van der Waals surface area contributed by atoms with Gasteiger partial charge in [-0.1, -0.05) is 0 Å². The van der Waals surface area contributed by atoms with Crippen molar-refractivity contribution in [2.45, 2.75) is 0 Å². The average Bonchev–Trinajstić information content (AvgIpc) is 2.09. The number of hydrogen-bond donors (Lipinski definition) is 0. The fourth-order valence-electron chi connectivity index (χ4n) is 0.553. The van der Waals surface area contributed by atoms with E-state index < -0.39 is 0 Å². The van der Waals surface area contributed by atoms with Gasteiger partial charge in [0.15, 0.2) is 0 Å². The second kappa shape index (κ2) is 7.08. The predicted octanol–water partition coefficient (Wildman–Crippen LogP) is 2.99. The van der Waals surface area contributed by atoms with Gasteiger partial charge in [0.25, 0.3) is 0 Å². The van der Waals surface area contributed by atoms with Crippen molar-refractivity contribution < 1.29 is 21.1 Å². The van der Waals surface area contributed by atoms with Crippen LogP contribution >= 0.6 is 25.2 Å². The Hall–Kier alpha value is 0.413. The van der Waals surface area contributed by atoms with Gasteiger partial charge in [-0.15, -0.1) is 23.7 Å². The third-order valence-electron chi connectivity index (χ3n) is 0.996. The SMILES string of the molecule is COc1c[c-]ccc1Cl.[Zn+][Br]. The third kappa shape index (κ3) is 4.10. The molecule has 0 amide bonds. The van der Waals surface area contributed by atoms with Crippen LogP contribution in [0.15, 0.2) is 18.2 Å². The molecule has 0 saturated carbocycles. The number of methoxy groups -OCH3 is 1. The summed E-state index contributed by atoms with van der Waals surface area (Å²) in [6, 6.07) is 8.02. The Kier molecular flexibility index (Phi) is 7.35. The van der Waals surface area contributed by atoms with Crippen molar-refractivity contribution in [3.8, 4) is 5.75 Å². The Morgan fingerprint density at radius 2 is 2.27 bits per heavy atom. The van der Waals surface area contributed by atoms with Crippen molar-refractivity contribution in [2.24, 2.45) is 0 Å². The van der Waals surface area contributed by atoms with Gasteiger partial charge in [-0.3, -0.25) is 0 Å². The van der Waals surface area contributed by atoms with Crippen LogP contribution in [0.1, 0.15) is 0 Å². The van der Waals surface area contributed by atoms with E-state index in [1.165, 1.54) is 16.3 Å². The summed E-state index contributed by atoms with van der Waals surface area (Å²) in [5.41, 5.74) is 0. The zero-order chi connectivity index (χ0) is 8.69. The van der Waals surface area contributed by atoms with Gasteiger partial charge in [-0.2, -0.15) is 12.1 Å². The fraction of sp³-hybridized carbons (Fsp3) is 0.143. The first kappa shape index (κ1) is 11.4. The second-order valence-electron chi connectivity index (χ2n) is 1.56. The summed E-state index contributed by atoms with van der Waals surface area (Å²) in [5, 5.41) is 0.622. The van der Waals surface area contributed by atoms with E-state index in [1.807, 2.05) is 0 Å². The molecule has 0 N–H and O–H groups in total. The summed E-state index contributed by atoms with van der Waals surface area (Å²) in [6.07, 6.45) is 0. The van der Waals surface area contributed by atoms with Gasteiger partial charge in [0.2, 0.25) is 0 Å². The molecule has 0 unspecified atom stereocenters. The molecular formula is C7H6BrClOZn. The van der Waals surface area contributed by atoms with E-state index in [9.17, 15) is 0 Å². The summed E-state index contributed by atoms with van der Waals surface area (Å²) < 4.78 is 4.88. The molecule has 0 aliphatic heterocycles. The Balaban J connectivity index is 0.000000461. The fourth-order valence-corrected chi connectivity index (χ4v) is 0.747. The molecule has 0 radical (unpaired) electrons. The minimum absolute atomic E-state index is 0.622. The Labute approximate surface area is 88.1 Å². The molecule has 0 spiro atoms. The Morgan fingerprint density at radius 1 is 1.64 bits per heavy atom. The monoisotopic (exact) mass is 284 g/mol. The number of rotatable bonds is 1. The summed E-state index contributed by atoms with van der Waals surface area (Å²) in [4.78, 5) is 0. The van der Waals surface area contributed by atoms with Crippen molar-refractivity contribution >= 4 is 25.2 Å². The molecule has 1 aromatic carbocycles. The first-order valence-corrected chi connectivity index (χ1v) is 10.1. The van der Waals surface area contributed by atoms with E-state index in [4.69, 9.17) is 16.3 Å². The molecule has 1 nitrogen and oxygen atoms in total. The first-order chi connectivity index (χ1) is 5.34. The number of halogens is 2. The number of ether oxygens (including phenoxy) is 1. The van der Waals surface area contributed by atoms with Crippen molar-refractivity contribution in [1.29, 1.82) is 0 Å². The summed E-state index contributed by atoms with van der Waals surface area (Å²) in [6.45, 7) is 0. The van der Waals surface area contributed by atoms with Gasteiger partial charge < -0.3 is 4.74 Å². The molecule has 11 heavy (non-hydrogen) atoms. The van der Waals surface area contributed by atoms with Crippen molar-refractivity contribution in [2.75, 3.05) is 7.11 Å². The van der Waals surface area contributed by atoms with Crippen molar-refractivity contribution in [3.63, 3.8) is 0 Å². The standard InChI is InChI=1S/C7H6ClO.BrH.Zn/c1-9-7-5-3-2-4-6(7)8;;/h2,4-5H,1H3;1H;/q-1;;+2/p-1. The van der Waals surface area contributed by atoms with Crippen molar-refractivity contribution in [1.82, 2.24) is 0 Å². The van der Waals surface area contributed by atoms with Crippen LogP contribution in [0.2, 0.25) is 5.02 Å². The van der Waals surface area contributed by atoms with Gasteiger partial charge >= 0.3 is 30.0 Å². The van der Waals surface area contributed by atoms with E-state index in [2.05, 4.69) is 19.7 Å². The maximum atomic E-state index is 5.68. The molecule has 0 bridgehead atoms. The van der Waals surface area contributed by atoms with E-state index in [0.717, 1.165) is 0 Å². The molecule has 1 rings (SSSR count). The van der Waals surface area contributed by atoms with Crippen LogP contribution in [0, 0.1) is 6.07 Å². The van der Waals surface area contributed by atoms with Crippen LogP contribution in [0.5, 0.6) is 5.75 Å². The van der Waals surface area contributed by atoms with Gasteiger partial charge in [-0.05, 0) is 5.02 Å². The number of hydrogen-bond acceptors (Lipinski definition) is 1. The minimum atomic E-state index is 0.622. The molecular weight excluding hydrogens is 281 g/mol. The van der Waals surface area contributed by atoms with Crippen LogP contribution in [-0.2, 0) is 16.3 Å². The van der Waals surface area contributed by atoms with Gasteiger partial charge in [0.05, 0.1) is 7.11 Å². The van der Waals surface area contributed by atoms with E-state index in [0.29, 0.717) is 10.8 Å². The molecule has 0 heterocycles. The van der Waals surface area contributed by atoms with E-state index in [-0.39, 0.29) is 0 Å². The van der Waals surface area contributed by atoms with Gasteiger partial charge in [0.1, 0.15) is 0 Å². The zero-order valence-corrected chi connectivity index (χ0v) is 11.4. The van der Waals surface area contributed by atoms with Gasteiger partial charge in [-0.25, -0.2) is 0 Å². The Bertz CT molecular complexity index is 207. The first-order valence-electron chi connectivity index (χ1n) is 2.81. The van der Waals surface area contributed by atoms with Gasteiger partial charge in [0, 0.05) is 5.75 Å². The van der Waals surface area contributed by atoms with E-state index >= 15 is 0 Å². The predicted molar refractivity (Wildman–Crippen MR) is 45.8 cm³/mol. The van der Waals surface area contributed by atoms with Crippen LogP contribution in [0.4, 0.5) is 0 Å². The molecule has 0 aliphatic rings. The van der Waals surface area contributed by atoms with E-state index in [1.54, 1.807) is 25.3 Å². The molecule has 0 saturated heterocycles.